The summed E-state index contributed by atoms with van der Waals surface area (Å²) in [6, 6.07) is -0.746. The monoisotopic (exact) mass is 313 g/mol. The fraction of sp³-hybridized carbons (Fsp3) is 0.786. The van der Waals surface area contributed by atoms with Crippen LogP contribution in [-0.2, 0) is 14.3 Å². The van der Waals surface area contributed by atoms with Crippen molar-refractivity contribution in [3.8, 4) is 0 Å². The second kappa shape index (κ2) is 6.95. The summed E-state index contributed by atoms with van der Waals surface area (Å²) in [4.78, 5) is 38.8. The molecule has 0 bridgehead atoms. The van der Waals surface area contributed by atoms with Crippen LogP contribution in [0.3, 0.4) is 0 Å². The Morgan fingerprint density at radius 2 is 2.00 bits per heavy atom. The number of nitrogens with one attached hydrogen (secondary N) is 1. The number of morpholine rings is 1. The molecule has 1 unspecified atom stereocenters. The van der Waals surface area contributed by atoms with Gasteiger partial charge in [-0.25, -0.2) is 9.59 Å². The minimum atomic E-state index is -1.07. The van der Waals surface area contributed by atoms with Crippen LogP contribution in [-0.4, -0.2) is 77.2 Å². The quantitative estimate of drug-likeness (QED) is 0.757. The average molecular weight is 313 g/mol. The molecule has 0 saturated carbocycles. The van der Waals surface area contributed by atoms with Gasteiger partial charge >= 0.3 is 12.0 Å². The van der Waals surface area contributed by atoms with Crippen molar-refractivity contribution in [3.63, 3.8) is 0 Å². The lowest BCUT2D eigenvalue weighted by Gasteiger charge is -2.35. The van der Waals surface area contributed by atoms with E-state index in [1.807, 2.05) is 13.8 Å². The summed E-state index contributed by atoms with van der Waals surface area (Å²) >= 11 is 0. The van der Waals surface area contributed by atoms with Crippen molar-refractivity contribution in [1.29, 1.82) is 0 Å². The lowest BCUT2D eigenvalue weighted by molar-refractivity contribution is -0.160. The number of hydrogen-bond acceptors (Lipinski definition) is 4. The first-order chi connectivity index (χ1) is 10.4. The number of carbonyl (C=O) groups is 3. The van der Waals surface area contributed by atoms with Gasteiger partial charge in [-0.3, -0.25) is 4.79 Å². The van der Waals surface area contributed by atoms with Gasteiger partial charge in [0.1, 0.15) is 6.04 Å². The molecular formula is C14H23N3O5. The lowest BCUT2D eigenvalue weighted by atomic mass is 10.1. The van der Waals surface area contributed by atoms with Crippen LogP contribution in [0.15, 0.2) is 0 Å². The second-order valence-corrected chi connectivity index (χ2v) is 5.94. The number of urea groups is 1. The normalized spacial score (nSPS) is 25.4. The molecule has 2 heterocycles. The van der Waals surface area contributed by atoms with Gasteiger partial charge < -0.3 is 25.0 Å². The molecule has 0 aromatic rings. The Labute approximate surface area is 129 Å². The first-order valence-electron chi connectivity index (χ1n) is 7.60. The van der Waals surface area contributed by atoms with E-state index in [9.17, 15) is 14.4 Å². The number of rotatable bonds is 3. The van der Waals surface area contributed by atoms with Crippen LogP contribution >= 0.6 is 0 Å². The summed E-state index contributed by atoms with van der Waals surface area (Å²) in [5, 5.41) is 11.8. The Balaban J connectivity index is 2.01. The summed E-state index contributed by atoms with van der Waals surface area (Å²) in [5.41, 5.74) is 0. The Kier molecular flexibility index (Phi) is 5.23. The molecule has 0 aliphatic carbocycles. The van der Waals surface area contributed by atoms with Crippen LogP contribution < -0.4 is 5.32 Å². The molecule has 2 rings (SSSR count). The van der Waals surface area contributed by atoms with Crippen LogP contribution in [0.1, 0.15) is 26.7 Å². The standard InChI is InChI=1S/C14H23N3O5/c1-9(2)15-14(21)17-5-3-4-10(17)12(18)16-6-7-22-11(8-16)13(19)20/h9-11H,3-8H2,1-2H3,(H,15,21)(H,19,20)/t10-,11?/m0/s1. The number of likely N-dealkylation sites (tertiary alicyclic amines) is 1. The number of carboxylic acids is 1. The van der Waals surface area contributed by atoms with E-state index in [-0.39, 0.29) is 31.1 Å². The average Bonchev–Trinajstić information content (AvgIpc) is 2.95. The maximum Gasteiger partial charge on any atom is 0.334 e. The summed E-state index contributed by atoms with van der Waals surface area (Å²) in [6.07, 6.45) is 0.394. The van der Waals surface area contributed by atoms with Gasteiger partial charge in [0.15, 0.2) is 6.10 Å². The van der Waals surface area contributed by atoms with Crippen molar-refractivity contribution in [3.05, 3.63) is 0 Å². The number of hydrogen-bond donors (Lipinski definition) is 2. The number of aliphatic carboxylic acids is 1. The maximum atomic E-state index is 12.6. The molecule has 2 fully saturated rings. The van der Waals surface area contributed by atoms with E-state index in [0.29, 0.717) is 19.5 Å². The smallest absolute Gasteiger partial charge is 0.334 e. The van der Waals surface area contributed by atoms with E-state index in [1.54, 1.807) is 4.90 Å². The highest BCUT2D eigenvalue weighted by atomic mass is 16.5. The fourth-order valence-corrected chi connectivity index (χ4v) is 2.81. The Bertz CT molecular complexity index is 454. The van der Waals surface area contributed by atoms with Crippen molar-refractivity contribution < 1.29 is 24.2 Å². The third-order valence-corrected chi connectivity index (χ3v) is 3.86. The van der Waals surface area contributed by atoms with Gasteiger partial charge in [0.25, 0.3) is 0 Å². The van der Waals surface area contributed by atoms with Gasteiger partial charge in [-0.05, 0) is 26.7 Å². The molecule has 2 N–H and O–H groups in total. The van der Waals surface area contributed by atoms with E-state index in [2.05, 4.69) is 5.32 Å². The number of amides is 3. The molecule has 124 valence electrons. The number of ether oxygens (including phenoxy) is 1. The van der Waals surface area contributed by atoms with Gasteiger partial charge in [-0.15, -0.1) is 0 Å². The van der Waals surface area contributed by atoms with Gasteiger partial charge in [0.05, 0.1) is 13.2 Å². The van der Waals surface area contributed by atoms with Crippen LogP contribution in [0.2, 0.25) is 0 Å². The molecule has 2 aliphatic rings. The first-order valence-corrected chi connectivity index (χ1v) is 7.60. The zero-order valence-electron chi connectivity index (χ0n) is 12.9. The number of nitrogens with zero attached hydrogens (tertiary/aromatic N) is 2. The highest BCUT2D eigenvalue weighted by Gasteiger charge is 2.39. The topological polar surface area (TPSA) is 99.2 Å². The number of carboxylic acid groups (broad SMARTS) is 1. The summed E-state index contributed by atoms with van der Waals surface area (Å²) in [5.74, 6) is -1.26. The van der Waals surface area contributed by atoms with Crippen LogP contribution in [0.25, 0.3) is 0 Å². The van der Waals surface area contributed by atoms with Gasteiger partial charge in [-0.1, -0.05) is 0 Å². The maximum absolute atomic E-state index is 12.6. The zero-order valence-corrected chi connectivity index (χ0v) is 12.9. The summed E-state index contributed by atoms with van der Waals surface area (Å²) < 4.78 is 5.12. The SMILES string of the molecule is CC(C)NC(=O)N1CCC[C@H]1C(=O)N1CCOC(C(=O)O)C1. The van der Waals surface area contributed by atoms with Crippen LogP contribution in [0.4, 0.5) is 4.79 Å². The predicted octanol–water partition coefficient (Wildman–Crippen LogP) is -0.119. The molecule has 8 heteroatoms. The van der Waals surface area contributed by atoms with Gasteiger partial charge in [0, 0.05) is 19.1 Å². The Morgan fingerprint density at radius 3 is 2.64 bits per heavy atom. The highest BCUT2D eigenvalue weighted by molar-refractivity contribution is 5.88. The van der Waals surface area contributed by atoms with Crippen molar-refractivity contribution in [2.75, 3.05) is 26.2 Å². The van der Waals surface area contributed by atoms with Crippen molar-refractivity contribution in [2.45, 2.75) is 44.9 Å². The molecule has 0 aromatic heterocycles. The number of carbonyl (C=O) groups excluding carboxylic acids is 2. The van der Waals surface area contributed by atoms with Crippen LogP contribution in [0, 0.1) is 0 Å². The highest BCUT2D eigenvalue weighted by Crippen LogP contribution is 2.21. The third kappa shape index (κ3) is 3.68. The molecule has 2 atom stereocenters. The molecule has 22 heavy (non-hydrogen) atoms. The Morgan fingerprint density at radius 1 is 1.27 bits per heavy atom. The fourth-order valence-electron chi connectivity index (χ4n) is 2.81. The summed E-state index contributed by atoms with van der Waals surface area (Å²) in [6.45, 7) is 4.87. The van der Waals surface area contributed by atoms with Crippen molar-refractivity contribution >= 4 is 17.9 Å². The van der Waals surface area contributed by atoms with E-state index >= 15 is 0 Å². The van der Waals surface area contributed by atoms with Crippen molar-refractivity contribution in [1.82, 2.24) is 15.1 Å². The van der Waals surface area contributed by atoms with Gasteiger partial charge in [0.2, 0.25) is 5.91 Å². The second-order valence-electron chi connectivity index (χ2n) is 5.94. The minimum Gasteiger partial charge on any atom is -0.479 e. The van der Waals surface area contributed by atoms with E-state index in [0.717, 1.165) is 6.42 Å². The molecule has 2 saturated heterocycles. The molecule has 8 nitrogen and oxygen atoms in total. The van der Waals surface area contributed by atoms with Crippen molar-refractivity contribution in [2.24, 2.45) is 0 Å². The molecule has 2 aliphatic heterocycles. The molecular weight excluding hydrogens is 290 g/mol. The minimum absolute atomic E-state index is 0.00336. The Hall–Kier alpha value is -1.83. The molecule has 0 aromatic carbocycles. The van der Waals surface area contributed by atoms with Crippen LogP contribution in [0.5, 0.6) is 0 Å². The largest absolute Gasteiger partial charge is 0.479 e. The van der Waals surface area contributed by atoms with Gasteiger partial charge in [-0.2, -0.15) is 0 Å². The van der Waals surface area contributed by atoms with E-state index in [4.69, 9.17) is 9.84 Å². The molecule has 0 spiro atoms. The summed E-state index contributed by atoms with van der Waals surface area (Å²) in [7, 11) is 0. The lowest BCUT2D eigenvalue weighted by Crippen LogP contribution is -2.56. The first kappa shape index (κ1) is 16.5. The van der Waals surface area contributed by atoms with E-state index < -0.39 is 18.1 Å². The van der Waals surface area contributed by atoms with E-state index in [1.165, 1.54) is 4.90 Å². The molecule has 0 radical (unpaired) electrons. The predicted molar refractivity (Wildman–Crippen MR) is 77.4 cm³/mol. The third-order valence-electron chi connectivity index (χ3n) is 3.86. The zero-order chi connectivity index (χ0) is 16.3. The molecule has 3 amide bonds.